The summed E-state index contributed by atoms with van der Waals surface area (Å²) in [6.07, 6.45) is 2.02. The molecule has 1 amide bonds. The van der Waals surface area contributed by atoms with Gasteiger partial charge >= 0.3 is 0 Å². The highest BCUT2D eigenvalue weighted by atomic mass is 127. The monoisotopic (exact) mass is 468 g/mol. The molecule has 0 spiro atoms. The maximum atomic E-state index is 13.1. The van der Waals surface area contributed by atoms with E-state index in [1.165, 1.54) is 18.4 Å². The fourth-order valence-corrected chi connectivity index (χ4v) is 5.68. The number of methoxy groups -OCH3 is 1. The summed E-state index contributed by atoms with van der Waals surface area (Å²) in [5.41, 5.74) is 0.726. The number of benzene rings is 1. The van der Waals surface area contributed by atoms with Crippen molar-refractivity contribution in [3.63, 3.8) is 0 Å². The second-order valence-electron chi connectivity index (χ2n) is 6.13. The van der Waals surface area contributed by atoms with Crippen molar-refractivity contribution in [2.75, 3.05) is 13.7 Å². The number of fused-ring (bicyclic) bond motifs is 3. The SMILES string of the molecule is COc1c(C(=O)N2CCC[C@H]2I)sc2c1c(=O)n(C)c1ccccc21. The summed E-state index contributed by atoms with van der Waals surface area (Å²) < 4.78 is 8.19. The maximum Gasteiger partial charge on any atom is 0.268 e. The third kappa shape index (κ3) is 2.47. The van der Waals surface area contributed by atoms with Crippen LogP contribution in [0.25, 0.3) is 21.0 Å². The molecule has 0 aliphatic carbocycles. The van der Waals surface area contributed by atoms with Crippen LogP contribution in [0, 0.1) is 0 Å². The normalized spacial score (nSPS) is 17.6. The quantitative estimate of drug-likeness (QED) is 0.327. The second kappa shape index (κ2) is 6.28. The van der Waals surface area contributed by atoms with E-state index < -0.39 is 0 Å². The lowest BCUT2D eigenvalue weighted by Gasteiger charge is -2.19. The van der Waals surface area contributed by atoms with Gasteiger partial charge in [-0.15, -0.1) is 11.3 Å². The number of nitrogens with zero attached hydrogens (tertiary/aromatic N) is 2. The van der Waals surface area contributed by atoms with Crippen molar-refractivity contribution < 1.29 is 9.53 Å². The van der Waals surface area contributed by atoms with E-state index in [0.717, 1.165) is 35.0 Å². The molecule has 0 unspecified atom stereocenters. The number of alkyl halides is 1. The number of pyridine rings is 1. The average molecular weight is 468 g/mol. The van der Waals surface area contributed by atoms with Gasteiger partial charge in [-0.2, -0.15) is 0 Å². The van der Waals surface area contributed by atoms with E-state index in [1.54, 1.807) is 11.6 Å². The summed E-state index contributed by atoms with van der Waals surface area (Å²) >= 11 is 3.67. The number of para-hydroxylation sites is 1. The van der Waals surface area contributed by atoms with E-state index in [-0.39, 0.29) is 15.5 Å². The number of carbonyl (C=O) groups excluding carboxylic acids is 1. The van der Waals surface area contributed by atoms with Crippen molar-refractivity contribution in [3.8, 4) is 5.75 Å². The Morgan fingerprint density at radius 3 is 2.80 bits per heavy atom. The molecular formula is C18H17IN2O3S. The molecule has 4 rings (SSSR count). The van der Waals surface area contributed by atoms with Gasteiger partial charge in [-0.05, 0) is 18.9 Å². The molecular weight excluding hydrogens is 451 g/mol. The molecule has 3 aromatic rings. The largest absolute Gasteiger partial charge is 0.494 e. The van der Waals surface area contributed by atoms with Crippen LogP contribution < -0.4 is 10.3 Å². The topological polar surface area (TPSA) is 51.5 Å². The van der Waals surface area contributed by atoms with Crippen molar-refractivity contribution in [2.24, 2.45) is 7.05 Å². The van der Waals surface area contributed by atoms with Crippen LogP contribution in [0.5, 0.6) is 5.75 Å². The first-order chi connectivity index (χ1) is 12.0. The van der Waals surface area contributed by atoms with Crippen molar-refractivity contribution in [3.05, 3.63) is 39.5 Å². The predicted molar refractivity (Wildman–Crippen MR) is 109 cm³/mol. The Balaban J connectivity index is 2.04. The predicted octanol–water partition coefficient (Wildman–Crippen LogP) is 3.76. The molecule has 1 aromatic carbocycles. The zero-order valence-electron chi connectivity index (χ0n) is 13.9. The zero-order valence-corrected chi connectivity index (χ0v) is 16.9. The van der Waals surface area contributed by atoms with Crippen LogP contribution in [-0.4, -0.2) is 33.1 Å². The number of aryl methyl sites for hydroxylation is 1. The van der Waals surface area contributed by atoms with Gasteiger partial charge in [0.15, 0.2) is 5.75 Å². The van der Waals surface area contributed by atoms with E-state index >= 15 is 0 Å². The molecule has 1 aliphatic rings. The molecule has 0 radical (unpaired) electrons. The molecule has 0 saturated carbocycles. The number of halogens is 1. The van der Waals surface area contributed by atoms with Gasteiger partial charge in [-0.25, -0.2) is 0 Å². The Bertz CT molecular complexity index is 1060. The molecule has 1 fully saturated rings. The Morgan fingerprint density at radius 1 is 1.36 bits per heavy atom. The summed E-state index contributed by atoms with van der Waals surface area (Å²) in [6.45, 7) is 0.753. The molecule has 0 N–H and O–H groups in total. The van der Waals surface area contributed by atoms with Crippen LogP contribution in [0.3, 0.4) is 0 Å². The molecule has 7 heteroatoms. The first kappa shape index (κ1) is 16.8. The third-order valence-electron chi connectivity index (χ3n) is 4.73. The van der Waals surface area contributed by atoms with Crippen LogP contribution in [0.1, 0.15) is 22.5 Å². The number of hydrogen-bond acceptors (Lipinski definition) is 4. The Labute approximate surface area is 162 Å². The van der Waals surface area contributed by atoms with Crippen LogP contribution in [0.4, 0.5) is 0 Å². The number of hydrogen-bond donors (Lipinski definition) is 0. The fraction of sp³-hybridized carbons (Fsp3) is 0.333. The molecule has 1 saturated heterocycles. The van der Waals surface area contributed by atoms with Crippen LogP contribution in [-0.2, 0) is 7.05 Å². The van der Waals surface area contributed by atoms with E-state index in [1.807, 2.05) is 29.2 Å². The highest BCUT2D eigenvalue weighted by molar-refractivity contribution is 14.1. The van der Waals surface area contributed by atoms with E-state index in [2.05, 4.69) is 22.6 Å². The number of likely N-dealkylation sites (tertiary alicyclic amines) is 1. The zero-order chi connectivity index (χ0) is 17.7. The molecule has 3 heterocycles. The minimum absolute atomic E-state index is 0.0407. The van der Waals surface area contributed by atoms with Crippen molar-refractivity contribution in [2.45, 2.75) is 16.9 Å². The van der Waals surface area contributed by atoms with Crippen LogP contribution >= 0.6 is 33.9 Å². The number of carbonyl (C=O) groups is 1. The summed E-state index contributed by atoms with van der Waals surface area (Å²) in [6, 6.07) is 7.76. The summed E-state index contributed by atoms with van der Waals surface area (Å²) in [4.78, 5) is 28.4. The highest BCUT2D eigenvalue weighted by Crippen LogP contribution is 2.41. The van der Waals surface area contributed by atoms with Crippen LogP contribution in [0.15, 0.2) is 29.1 Å². The van der Waals surface area contributed by atoms with Gasteiger partial charge in [-0.1, -0.05) is 40.8 Å². The van der Waals surface area contributed by atoms with E-state index in [4.69, 9.17) is 4.74 Å². The number of rotatable bonds is 2. The highest BCUT2D eigenvalue weighted by Gasteiger charge is 2.32. The Morgan fingerprint density at radius 2 is 2.12 bits per heavy atom. The fourth-order valence-electron chi connectivity index (χ4n) is 3.46. The molecule has 2 aromatic heterocycles. The molecule has 130 valence electrons. The first-order valence-corrected chi connectivity index (χ1v) is 10.1. The van der Waals surface area contributed by atoms with Gasteiger partial charge in [0.25, 0.3) is 11.5 Å². The average Bonchev–Trinajstić information content (AvgIpc) is 3.22. The smallest absolute Gasteiger partial charge is 0.268 e. The lowest BCUT2D eigenvalue weighted by molar-refractivity contribution is 0.0787. The van der Waals surface area contributed by atoms with Crippen molar-refractivity contribution in [1.29, 1.82) is 0 Å². The number of ether oxygens (including phenoxy) is 1. The first-order valence-electron chi connectivity index (χ1n) is 8.08. The lowest BCUT2D eigenvalue weighted by Crippen LogP contribution is -2.31. The molecule has 5 nitrogen and oxygen atoms in total. The van der Waals surface area contributed by atoms with Gasteiger partial charge in [-0.3, -0.25) is 9.59 Å². The van der Waals surface area contributed by atoms with E-state index in [9.17, 15) is 9.59 Å². The number of aromatic nitrogens is 1. The van der Waals surface area contributed by atoms with Gasteiger partial charge in [0, 0.05) is 19.0 Å². The van der Waals surface area contributed by atoms with Crippen LogP contribution in [0.2, 0.25) is 0 Å². The molecule has 25 heavy (non-hydrogen) atoms. The lowest BCUT2D eigenvalue weighted by atomic mass is 10.1. The van der Waals surface area contributed by atoms with Gasteiger partial charge in [0.2, 0.25) is 0 Å². The summed E-state index contributed by atoms with van der Waals surface area (Å²) in [5.74, 6) is 0.368. The minimum atomic E-state index is -0.131. The second-order valence-corrected chi connectivity index (χ2v) is 8.58. The minimum Gasteiger partial charge on any atom is -0.494 e. The standard InChI is InChI=1S/C18H17IN2O3S/c1-20-11-7-4-3-6-10(11)15-13(17(20)22)14(24-2)16(25-15)18(23)21-9-5-8-12(21)19/h3-4,6-7,12H,5,8-9H2,1-2H3/t12-/m0/s1. The van der Waals surface area contributed by atoms with Gasteiger partial charge in [0.1, 0.15) is 10.3 Å². The summed E-state index contributed by atoms with van der Waals surface area (Å²) in [7, 11) is 3.28. The maximum absolute atomic E-state index is 13.1. The Hall–Kier alpha value is -1.61. The molecule has 1 atom stereocenters. The van der Waals surface area contributed by atoms with Gasteiger partial charge in [0.05, 0.1) is 21.4 Å². The van der Waals surface area contributed by atoms with E-state index in [0.29, 0.717) is 16.0 Å². The molecule has 0 bridgehead atoms. The molecule has 1 aliphatic heterocycles. The van der Waals surface area contributed by atoms with Gasteiger partial charge < -0.3 is 14.2 Å². The Kier molecular flexibility index (Phi) is 4.23. The third-order valence-corrected chi connectivity index (χ3v) is 7.22. The van der Waals surface area contributed by atoms with Crippen molar-refractivity contribution in [1.82, 2.24) is 9.47 Å². The number of amides is 1. The summed E-state index contributed by atoms with van der Waals surface area (Å²) in [5, 5.41) is 1.47. The van der Waals surface area contributed by atoms with Crippen molar-refractivity contribution >= 4 is 60.8 Å². The number of thiophene rings is 1.